The fourth-order valence-electron chi connectivity index (χ4n) is 2.24. The maximum atomic E-state index is 11.6. The van der Waals surface area contributed by atoms with Gasteiger partial charge >= 0.3 is 0 Å². The first-order valence-electron chi connectivity index (χ1n) is 4.95. The molecule has 0 N–H and O–H groups in total. The Morgan fingerprint density at radius 2 is 2.23 bits per heavy atom. The van der Waals surface area contributed by atoms with Crippen LogP contribution in [0.15, 0.2) is 0 Å². The first-order valence-corrected chi connectivity index (χ1v) is 4.95. The van der Waals surface area contributed by atoms with E-state index >= 15 is 0 Å². The molecule has 3 nitrogen and oxygen atoms in total. The van der Waals surface area contributed by atoms with Crippen LogP contribution in [-0.4, -0.2) is 29.7 Å². The lowest BCUT2D eigenvalue weighted by molar-refractivity contribution is -0.149. The van der Waals surface area contributed by atoms with E-state index in [4.69, 9.17) is 0 Å². The van der Waals surface area contributed by atoms with Gasteiger partial charge in [0.25, 0.3) is 0 Å². The quantitative estimate of drug-likeness (QED) is 0.646. The predicted molar refractivity (Wildman–Crippen MR) is 48.1 cm³/mol. The Balaban J connectivity index is 1.86. The predicted octanol–water partition coefficient (Wildman–Crippen LogP) is 0.834. The standard InChI is InChI=1S/C10H15NO2/c1-7(12)2-3-11-6-8-4-9(5-8)10(11)13/h8-9H,2-6H2,1H3. The molecule has 2 saturated heterocycles. The molecule has 3 heteroatoms. The van der Waals surface area contributed by atoms with Gasteiger partial charge in [0.05, 0.1) is 0 Å². The topological polar surface area (TPSA) is 37.4 Å². The number of carbonyl (C=O) groups is 2. The molecule has 3 aliphatic rings. The molecule has 0 radical (unpaired) electrons. The fraction of sp³-hybridized carbons (Fsp3) is 0.800. The number of hydrogen-bond donors (Lipinski definition) is 0. The van der Waals surface area contributed by atoms with Gasteiger partial charge in [0.15, 0.2) is 0 Å². The maximum Gasteiger partial charge on any atom is 0.225 e. The summed E-state index contributed by atoms with van der Waals surface area (Å²) in [6.07, 6.45) is 2.70. The Kier molecular flexibility index (Phi) is 2.10. The van der Waals surface area contributed by atoms with Crippen molar-refractivity contribution in [2.75, 3.05) is 13.1 Å². The van der Waals surface area contributed by atoms with Gasteiger partial charge in [0, 0.05) is 25.4 Å². The Morgan fingerprint density at radius 1 is 1.54 bits per heavy atom. The number of nitrogens with zero attached hydrogens (tertiary/aromatic N) is 1. The van der Waals surface area contributed by atoms with Gasteiger partial charge < -0.3 is 4.90 Å². The molecule has 1 amide bonds. The van der Waals surface area contributed by atoms with Crippen molar-refractivity contribution in [1.82, 2.24) is 4.90 Å². The van der Waals surface area contributed by atoms with E-state index in [9.17, 15) is 9.59 Å². The second kappa shape index (κ2) is 3.13. The second-order valence-electron chi connectivity index (χ2n) is 4.27. The maximum absolute atomic E-state index is 11.6. The lowest BCUT2D eigenvalue weighted by atomic mass is 9.70. The van der Waals surface area contributed by atoms with Crippen LogP contribution >= 0.6 is 0 Å². The molecule has 0 aromatic carbocycles. The van der Waals surface area contributed by atoms with Crippen LogP contribution in [0.25, 0.3) is 0 Å². The molecular weight excluding hydrogens is 166 g/mol. The van der Waals surface area contributed by atoms with E-state index in [1.165, 1.54) is 0 Å². The van der Waals surface area contributed by atoms with E-state index in [1.54, 1.807) is 6.92 Å². The van der Waals surface area contributed by atoms with Gasteiger partial charge in [-0.15, -0.1) is 0 Å². The molecule has 2 aliphatic heterocycles. The van der Waals surface area contributed by atoms with Crippen LogP contribution < -0.4 is 0 Å². The number of amides is 1. The van der Waals surface area contributed by atoms with Crippen LogP contribution in [0.2, 0.25) is 0 Å². The van der Waals surface area contributed by atoms with Gasteiger partial charge in [-0.25, -0.2) is 0 Å². The Hall–Kier alpha value is -0.860. The summed E-state index contributed by atoms with van der Waals surface area (Å²) in [4.78, 5) is 24.2. The average Bonchev–Trinajstić information content (AvgIpc) is 2.00. The first-order chi connectivity index (χ1) is 6.16. The fourth-order valence-corrected chi connectivity index (χ4v) is 2.24. The molecule has 2 bridgehead atoms. The highest BCUT2D eigenvalue weighted by molar-refractivity contribution is 5.82. The lowest BCUT2D eigenvalue weighted by Crippen LogP contribution is -2.53. The highest BCUT2D eigenvalue weighted by Crippen LogP contribution is 2.40. The summed E-state index contributed by atoms with van der Waals surface area (Å²) < 4.78 is 0. The zero-order valence-corrected chi connectivity index (χ0v) is 7.95. The lowest BCUT2D eigenvalue weighted by Gasteiger charge is -2.46. The van der Waals surface area contributed by atoms with Crippen molar-refractivity contribution < 1.29 is 9.59 Å². The van der Waals surface area contributed by atoms with Crippen LogP contribution in [0.5, 0.6) is 0 Å². The van der Waals surface area contributed by atoms with Crippen molar-refractivity contribution in [1.29, 1.82) is 0 Å². The van der Waals surface area contributed by atoms with Gasteiger partial charge in [-0.3, -0.25) is 9.59 Å². The van der Waals surface area contributed by atoms with E-state index in [1.807, 2.05) is 4.90 Å². The SMILES string of the molecule is CC(=O)CCN1CC2CC(C2)C1=O. The molecular formula is C10H15NO2. The summed E-state index contributed by atoms with van der Waals surface area (Å²) in [5, 5.41) is 0. The molecule has 0 aromatic rings. The van der Waals surface area contributed by atoms with Crippen LogP contribution in [0, 0.1) is 11.8 Å². The number of Topliss-reactive ketones (excluding diaryl/α,β-unsaturated/α-hetero) is 1. The summed E-state index contributed by atoms with van der Waals surface area (Å²) in [6.45, 7) is 3.11. The average molecular weight is 181 g/mol. The zero-order valence-electron chi connectivity index (χ0n) is 7.95. The van der Waals surface area contributed by atoms with Crippen molar-refractivity contribution in [2.45, 2.75) is 26.2 Å². The molecule has 3 fully saturated rings. The summed E-state index contributed by atoms with van der Waals surface area (Å²) in [6, 6.07) is 0. The third-order valence-corrected chi connectivity index (χ3v) is 3.11. The van der Waals surface area contributed by atoms with Crippen molar-refractivity contribution in [2.24, 2.45) is 11.8 Å². The largest absolute Gasteiger partial charge is 0.342 e. The summed E-state index contributed by atoms with van der Waals surface area (Å²) in [5.74, 6) is 1.48. The van der Waals surface area contributed by atoms with Crippen LogP contribution in [0.4, 0.5) is 0 Å². The minimum atomic E-state index is 0.173. The Morgan fingerprint density at radius 3 is 2.77 bits per heavy atom. The molecule has 2 heterocycles. The summed E-state index contributed by atoms with van der Waals surface area (Å²) in [5.41, 5.74) is 0. The first kappa shape index (κ1) is 8.73. The summed E-state index contributed by atoms with van der Waals surface area (Å²) in [7, 11) is 0. The number of fused-ring (bicyclic) bond motifs is 2. The van der Waals surface area contributed by atoms with Gasteiger partial charge in [-0.05, 0) is 25.7 Å². The number of piperidine rings is 2. The molecule has 0 aromatic heterocycles. The smallest absolute Gasteiger partial charge is 0.225 e. The van der Waals surface area contributed by atoms with E-state index < -0.39 is 0 Å². The van der Waals surface area contributed by atoms with Gasteiger partial charge in [0.1, 0.15) is 5.78 Å². The van der Waals surface area contributed by atoms with Crippen molar-refractivity contribution in [3.63, 3.8) is 0 Å². The Bertz CT molecular complexity index is 243. The van der Waals surface area contributed by atoms with E-state index in [-0.39, 0.29) is 11.7 Å². The minimum absolute atomic E-state index is 0.173. The van der Waals surface area contributed by atoms with Crippen molar-refractivity contribution >= 4 is 11.7 Å². The van der Waals surface area contributed by atoms with Crippen LogP contribution in [0.1, 0.15) is 26.2 Å². The van der Waals surface area contributed by atoms with Crippen molar-refractivity contribution in [3.05, 3.63) is 0 Å². The molecule has 1 saturated carbocycles. The van der Waals surface area contributed by atoms with Crippen LogP contribution in [0.3, 0.4) is 0 Å². The molecule has 0 unspecified atom stereocenters. The third-order valence-electron chi connectivity index (χ3n) is 3.11. The van der Waals surface area contributed by atoms with Crippen LogP contribution in [-0.2, 0) is 9.59 Å². The van der Waals surface area contributed by atoms with Gasteiger partial charge in [-0.2, -0.15) is 0 Å². The Labute approximate surface area is 78.1 Å². The number of hydrogen-bond acceptors (Lipinski definition) is 2. The molecule has 0 spiro atoms. The molecule has 1 aliphatic carbocycles. The number of carbonyl (C=O) groups excluding carboxylic acids is 2. The van der Waals surface area contributed by atoms with E-state index in [0.717, 1.165) is 25.3 Å². The molecule has 13 heavy (non-hydrogen) atoms. The zero-order chi connectivity index (χ0) is 9.42. The normalized spacial score (nSPS) is 31.5. The van der Waals surface area contributed by atoms with E-state index in [0.29, 0.717) is 18.9 Å². The number of rotatable bonds is 3. The van der Waals surface area contributed by atoms with Gasteiger partial charge in [0.2, 0.25) is 5.91 Å². The van der Waals surface area contributed by atoms with Crippen molar-refractivity contribution in [3.8, 4) is 0 Å². The highest BCUT2D eigenvalue weighted by atomic mass is 16.2. The molecule has 72 valence electrons. The number of ketones is 1. The van der Waals surface area contributed by atoms with E-state index in [2.05, 4.69) is 0 Å². The highest BCUT2D eigenvalue weighted by Gasteiger charge is 2.43. The summed E-state index contributed by atoms with van der Waals surface area (Å²) >= 11 is 0. The monoisotopic (exact) mass is 181 g/mol. The third kappa shape index (κ3) is 1.60. The molecule has 0 atom stereocenters. The van der Waals surface area contributed by atoms with Gasteiger partial charge in [-0.1, -0.05) is 0 Å². The molecule has 3 rings (SSSR count). The second-order valence-corrected chi connectivity index (χ2v) is 4.27. The minimum Gasteiger partial charge on any atom is -0.342 e.